The summed E-state index contributed by atoms with van der Waals surface area (Å²) in [5, 5.41) is 24.2. The fraction of sp³-hybridized carbons (Fsp3) is 0.615. The number of nitrogens with zero attached hydrogens (tertiary/aromatic N) is 1. The topological polar surface area (TPSA) is 131 Å². The number of rotatable bonds is 6. The number of carbonyl (C=O) groups excluding carboxylic acids is 1. The number of aliphatic hydroxyl groups is 1. The Hall–Kier alpha value is -1.97. The van der Waals surface area contributed by atoms with Gasteiger partial charge in [-0.2, -0.15) is 0 Å². The van der Waals surface area contributed by atoms with Gasteiger partial charge in [0.1, 0.15) is 12.4 Å². The van der Waals surface area contributed by atoms with Crippen LogP contribution in [-0.4, -0.2) is 59.2 Å². The highest BCUT2D eigenvalue weighted by Gasteiger charge is 2.30. The number of carbonyl (C=O) groups is 2. The Morgan fingerprint density at radius 1 is 1.50 bits per heavy atom. The molecule has 0 radical (unpaired) electrons. The van der Waals surface area contributed by atoms with Gasteiger partial charge >= 0.3 is 5.97 Å². The van der Waals surface area contributed by atoms with Crippen LogP contribution in [0.15, 0.2) is 4.52 Å². The molecule has 0 unspecified atom stereocenters. The van der Waals surface area contributed by atoms with Gasteiger partial charge in [-0.1, -0.05) is 5.16 Å². The minimum Gasteiger partial charge on any atom is -0.480 e. The van der Waals surface area contributed by atoms with Gasteiger partial charge in [0.15, 0.2) is 5.69 Å². The van der Waals surface area contributed by atoms with Crippen LogP contribution in [0.5, 0.6) is 0 Å². The lowest BCUT2D eigenvalue weighted by atomic mass is 10.1. The number of carboxylic acids is 1. The van der Waals surface area contributed by atoms with E-state index in [1.54, 1.807) is 6.92 Å². The van der Waals surface area contributed by atoms with Crippen molar-refractivity contribution < 1.29 is 33.8 Å². The van der Waals surface area contributed by atoms with Crippen molar-refractivity contribution in [1.82, 2.24) is 10.5 Å². The van der Waals surface area contributed by atoms with Gasteiger partial charge in [-0.05, 0) is 13.3 Å². The molecule has 1 aromatic heterocycles. The molecule has 1 aromatic rings. The zero-order chi connectivity index (χ0) is 16.1. The number of aliphatic hydroxyl groups excluding tert-OH is 1. The van der Waals surface area contributed by atoms with E-state index in [1.807, 2.05) is 0 Å². The molecular formula is C13H18N2O7. The summed E-state index contributed by atoms with van der Waals surface area (Å²) in [7, 11) is 0. The van der Waals surface area contributed by atoms with E-state index in [0.29, 0.717) is 24.4 Å². The largest absolute Gasteiger partial charge is 0.480 e. The van der Waals surface area contributed by atoms with Gasteiger partial charge in [0, 0.05) is 6.61 Å². The Bertz CT molecular complexity index is 542. The molecule has 0 aliphatic carbocycles. The van der Waals surface area contributed by atoms with Gasteiger partial charge < -0.3 is 29.5 Å². The summed E-state index contributed by atoms with van der Waals surface area (Å²) in [6.45, 7) is 1.43. The van der Waals surface area contributed by atoms with E-state index >= 15 is 0 Å². The first-order valence-corrected chi connectivity index (χ1v) is 6.81. The summed E-state index contributed by atoms with van der Waals surface area (Å²) in [5.74, 6) is -1.24. The summed E-state index contributed by atoms with van der Waals surface area (Å²) in [6, 6.07) is -0.496. The summed E-state index contributed by atoms with van der Waals surface area (Å²) in [5.41, 5.74) is 0.319. The first kappa shape index (κ1) is 16.4. The maximum absolute atomic E-state index is 12.2. The van der Waals surface area contributed by atoms with Crippen LogP contribution in [0.2, 0.25) is 0 Å². The van der Waals surface area contributed by atoms with Gasteiger partial charge in [0.25, 0.3) is 5.91 Å². The van der Waals surface area contributed by atoms with Crippen molar-refractivity contribution in [2.24, 2.45) is 0 Å². The van der Waals surface area contributed by atoms with Crippen LogP contribution in [0.4, 0.5) is 0 Å². The Balaban J connectivity index is 2.02. The van der Waals surface area contributed by atoms with Crippen LogP contribution < -0.4 is 5.32 Å². The molecule has 9 nitrogen and oxygen atoms in total. The number of amides is 1. The summed E-state index contributed by atoms with van der Waals surface area (Å²) < 4.78 is 15.4. The van der Waals surface area contributed by atoms with Crippen molar-refractivity contribution in [2.45, 2.75) is 32.1 Å². The van der Waals surface area contributed by atoms with E-state index < -0.39 is 30.6 Å². The molecule has 0 spiro atoms. The number of aliphatic carboxylic acids is 1. The second-order valence-electron chi connectivity index (χ2n) is 4.91. The highest BCUT2D eigenvalue weighted by atomic mass is 16.5. The Morgan fingerprint density at radius 3 is 2.95 bits per heavy atom. The van der Waals surface area contributed by atoms with Crippen molar-refractivity contribution in [1.29, 1.82) is 0 Å². The lowest BCUT2D eigenvalue weighted by molar-refractivity contribution is -0.147. The molecule has 9 heteroatoms. The predicted octanol–water partition coefficient (Wildman–Crippen LogP) is -0.536. The third-order valence-electron chi connectivity index (χ3n) is 3.39. The van der Waals surface area contributed by atoms with Crippen molar-refractivity contribution in [3.8, 4) is 0 Å². The quantitative estimate of drug-likeness (QED) is 0.638. The number of nitrogens with one attached hydrogen (secondary N) is 1. The second kappa shape index (κ2) is 7.34. The minimum absolute atomic E-state index is 0.00237. The zero-order valence-corrected chi connectivity index (χ0v) is 12.1. The lowest BCUT2D eigenvalue weighted by Crippen LogP contribution is -2.51. The summed E-state index contributed by atoms with van der Waals surface area (Å²) in [6.07, 6.45) is 0.0162. The van der Waals surface area contributed by atoms with Crippen molar-refractivity contribution in [3.63, 3.8) is 0 Å². The molecule has 1 aliphatic heterocycles. The van der Waals surface area contributed by atoms with Crippen molar-refractivity contribution in [2.75, 3.05) is 19.8 Å². The number of hydrogen-bond donors (Lipinski definition) is 3. The maximum atomic E-state index is 12.2. The first-order chi connectivity index (χ1) is 10.5. The van der Waals surface area contributed by atoms with E-state index in [2.05, 4.69) is 10.5 Å². The Kier molecular flexibility index (Phi) is 5.47. The Labute approximate surface area is 126 Å². The number of ether oxygens (including phenoxy) is 2. The number of aromatic nitrogens is 1. The molecule has 2 rings (SSSR count). The van der Waals surface area contributed by atoms with Gasteiger partial charge in [-0.15, -0.1) is 0 Å². The zero-order valence-electron chi connectivity index (χ0n) is 12.1. The molecule has 0 bridgehead atoms. The fourth-order valence-electron chi connectivity index (χ4n) is 2.22. The first-order valence-electron chi connectivity index (χ1n) is 6.81. The van der Waals surface area contributed by atoms with Crippen LogP contribution in [0.1, 0.15) is 28.2 Å². The van der Waals surface area contributed by atoms with E-state index in [1.165, 1.54) is 0 Å². The Morgan fingerprint density at radius 2 is 2.27 bits per heavy atom. The minimum atomic E-state index is -1.08. The van der Waals surface area contributed by atoms with Crippen LogP contribution in [0.3, 0.4) is 0 Å². The highest BCUT2D eigenvalue weighted by Crippen LogP contribution is 2.16. The molecule has 1 fully saturated rings. The maximum Gasteiger partial charge on any atom is 0.329 e. The molecule has 0 saturated carbocycles. The fourth-order valence-corrected chi connectivity index (χ4v) is 2.22. The predicted molar refractivity (Wildman–Crippen MR) is 71.2 cm³/mol. The molecule has 122 valence electrons. The molecular weight excluding hydrogens is 296 g/mol. The van der Waals surface area contributed by atoms with Crippen LogP contribution in [-0.2, 0) is 20.9 Å². The van der Waals surface area contributed by atoms with Gasteiger partial charge in [0.2, 0.25) is 0 Å². The van der Waals surface area contributed by atoms with E-state index in [-0.39, 0.29) is 18.9 Å². The van der Waals surface area contributed by atoms with Crippen LogP contribution in [0, 0.1) is 6.92 Å². The van der Waals surface area contributed by atoms with Crippen molar-refractivity contribution in [3.05, 3.63) is 17.0 Å². The van der Waals surface area contributed by atoms with Gasteiger partial charge in [-0.3, -0.25) is 4.79 Å². The van der Waals surface area contributed by atoms with Crippen LogP contribution in [0.25, 0.3) is 0 Å². The average molecular weight is 314 g/mol. The van der Waals surface area contributed by atoms with Crippen molar-refractivity contribution >= 4 is 11.9 Å². The average Bonchev–Trinajstić information content (AvgIpc) is 2.87. The molecule has 2 heterocycles. The SMILES string of the molecule is Cc1onc(C(=O)N[C@@H]2COCC[C@@H]2OCC(=O)O)c1CO. The summed E-state index contributed by atoms with van der Waals surface area (Å²) >= 11 is 0. The standard InChI is InChI=1S/C13H18N2O7/c1-7-8(4-16)12(15-22-7)13(19)14-9-5-20-3-2-10(9)21-6-11(17)18/h9-10,16H,2-6H2,1H3,(H,14,19)(H,17,18)/t9-,10+/m1/s1. The monoisotopic (exact) mass is 314 g/mol. The normalized spacial score (nSPS) is 21.5. The number of carboxylic acid groups (broad SMARTS) is 1. The number of hydrogen-bond acceptors (Lipinski definition) is 7. The molecule has 0 aromatic carbocycles. The molecule has 2 atom stereocenters. The molecule has 1 saturated heterocycles. The third-order valence-corrected chi connectivity index (χ3v) is 3.39. The van der Waals surface area contributed by atoms with Gasteiger partial charge in [-0.25, -0.2) is 4.79 Å². The van der Waals surface area contributed by atoms with Gasteiger partial charge in [0.05, 0.1) is 30.9 Å². The van der Waals surface area contributed by atoms with Crippen LogP contribution >= 0.6 is 0 Å². The van der Waals surface area contributed by atoms with E-state index in [9.17, 15) is 14.7 Å². The lowest BCUT2D eigenvalue weighted by Gasteiger charge is -2.31. The molecule has 1 aliphatic rings. The smallest absolute Gasteiger partial charge is 0.329 e. The molecule has 1 amide bonds. The number of aryl methyl sites for hydroxylation is 1. The molecule has 22 heavy (non-hydrogen) atoms. The summed E-state index contributed by atoms with van der Waals surface area (Å²) in [4.78, 5) is 22.8. The van der Waals surface area contributed by atoms with E-state index in [4.69, 9.17) is 19.1 Å². The molecule has 3 N–H and O–H groups in total. The second-order valence-corrected chi connectivity index (χ2v) is 4.91. The highest BCUT2D eigenvalue weighted by molar-refractivity contribution is 5.94. The third kappa shape index (κ3) is 3.81. The van der Waals surface area contributed by atoms with E-state index in [0.717, 1.165) is 0 Å².